The molecule has 0 saturated carbocycles. The molecule has 2 rings (SSSR count). The lowest BCUT2D eigenvalue weighted by Crippen LogP contribution is -2.33. The van der Waals surface area contributed by atoms with Crippen molar-refractivity contribution in [1.29, 1.82) is 0 Å². The molecule has 8 heteroatoms. The number of thiocarbonyl (C=S) groups is 1. The SMILES string of the molecule is NC(=S)c1ccc(S(=O)(=O)N2CCCOCC2)cn1. The van der Waals surface area contributed by atoms with Crippen LogP contribution in [0, 0.1) is 0 Å². The third kappa shape index (κ3) is 3.27. The van der Waals surface area contributed by atoms with Gasteiger partial charge in [0.25, 0.3) is 0 Å². The first-order valence-corrected chi connectivity index (χ1v) is 7.70. The highest BCUT2D eigenvalue weighted by Crippen LogP contribution is 2.16. The second-order valence-corrected chi connectivity index (χ2v) is 6.49. The summed E-state index contributed by atoms with van der Waals surface area (Å²) < 4.78 is 31.4. The van der Waals surface area contributed by atoms with Crippen LogP contribution in [-0.4, -0.2) is 49.0 Å². The highest BCUT2D eigenvalue weighted by Gasteiger charge is 2.25. The first-order chi connectivity index (χ1) is 9.01. The Morgan fingerprint density at radius 2 is 2.16 bits per heavy atom. The van der Waals surface area contributed by atoms with Crippen molar-refractivity contribution in [2.75, 3.05) is 26.3 Å². The van der Waals surface area contributed by atoms with E-state index in [1.807, 2.05) is 0 Å². The number of rotatable bonds is 3. The van der Waals surface area contributed by atoms with Gasteiger partial charge in [0.2, 0.25) is 10.0 Å². The van der Waals surface area contributed by atoms with Gasteiger partial charge in [0.05, 0.1) is 12.3 Å². The average Bonchev–Trinajstić information content (AvgIpc) is 2.68. The maximum atomic E-state index is 12.4. The molecule has 0 amide bonds. The molecule has 0 aromatic carbocycles. The van der Waals surface area contributed by atoms with Gasteiger partial charge in [0.1, 0.15) is 9.88 Å². The minimum Gasteiger partial charge on any atom is -0.388 e. The summed E-state index contributed by atoms with van der Waals surface area (Å²) >= 11 is 4.78. The maximum absolute atomic E-state index is 12.4. The Bertz CT molecular complexity index is 549. The largest absolute Gasteiger partial charge is 0.388 e. The van der Waals surface area contributed by atoms with Gasteiger partial charge in [-0.1, -0.05) is 12.2 Å². The molecule has 104 valence electrons. The minimum atomic E-state index is -3.52. The molecular formula is C11H15N3O3S2. The molecule has 0 bridgehead atoms. The normalized spacial score (nSPS) is 17.9. The number of ether oxygens (including phenoxy) is 1. The van der Waals surface area contributed by atoms with E-state index in [0.29, 0.717) is 38.4 Å². The second kappa shape index (κ2) is 5.91. The van der Waals surface area contributed by atoms with Crippen LogP contribution in [0.15, 0.2) is 23.2 Å². The smallest absolute Gasteiger partial charge is 0.244 e. The lowest BCUT2D eigenvalue weighted by molar-refractivity contribution is 0.148. The monoisotopic (exact) mass is 301 g/mol. The number of aromatic nitrogens is 1. The van der Waals surface area contributed by atoms with Crippen molar-refractivity contribution in [2.45, 2.75) is 11.3 Å². The number of sulfonamides is 1. The fraction of sp³-hybridized carbons (Fsp3) is 0.455. The molecule has 1 aliphatic heterocycles. The van der Waals surface area contributed by atoms with E-state index in [-0.39, 0.29) is 9.88 Å². The van der Waals surface area contributed by atoms with E-state index in [1.54, 1.807) is 0 Å². The topological polar surface area (TPSA) is 85.5 Å². The van der Waals surface area contributed by atoms with Crippen molar-refractivity contribution in [3.05, 3.63) is 24.0 Å². The van der Waals surface area contributed by atoms with E-state index in [2.05, 4.69) is 4.98 Å². The fourth-order valence-corrected chi connectivity index (χ4v) is 3.32. The number of hydrogen-bond donors (Lipinski definition) is 1. The summed E-state index contributed by atoms with van der Waals surface area (Å²) in [5, 5.41) is 0. The third-order valence-electron chi connectivity index (χ3n) is 2.81. The van der Waals surface area contributed by atoms with Crippen molar-refractivity contribution >= 4 is 27.2 Å². The van der Waals surface area contributed by atoms with Gasteiger partial charge >= 0.3 is 0 Å². The molecule has 0 aliphatic carbocycles. The Labute approximate surface area is 117 Å². The summed E-state index contributed by atoms with van der Waals surface area (Å²) in [7, 11) is -3.52. The van der Waals surface area contributed by atoms with Crippen LogP contribution in [0.3, 0.4) is 0 Å². The van der Waals surface area contributed by atoms with Crippen molar-refractivity contribution in [2.24, 2.45) is 5.73 Å². The summed E-state index contributed by atoms with van der Waals surface area (Å²) in [5.41, 5.74) is 5.84. The molecule has 0 radical (unpaired) electrons. The predicted molar refractivity (Wildman–Crippen MR) is 74.3 cm³/mol. The molecule has 1 saturated heterocycles. The Morgan fingerprint density at radius 3 is 2.79 bits per heavy atom. The van der Waals surface area contributed by atoms with Crippen molar-refractivity contribution in [1.82, 2.24) is 9.29 Å². The van der Waals surface area contributed by atoms with Crippen LogP contribution in [-0.2, 0) is 14.8 Å². The molecule has 2 N–H and O–H groups in total. The fourth-order valence-electron chi connectivity index (χ4n) is 1.79. The molecule has 6 nitrogen and oxygen atoms in total. The number of hydrogen-bond acceptors (Lipinski definition) is 5. The van der Waals surface area contributed by atoms with Crippen LogP contribution in [0.2, 0.25) is 0 Å². The molecule has 1 fully saturated rings. The number of nitrogens with zero attached hydrogens (tertiary/aromatic N) is 2. The van der Waals surface area contributed by atoms with E-state index in [4.69, 9.17) is 22.7 Å². The lowest BCUT2D eigenvalue weighted by Gasteiger charge is -2.19. The zero-order chi connectivity index (χ0) is 13.9. The molecule has 1 aromatic rings. The number of pyridine rings is 1. The van der Waals surface area contributed by atoms with E-state index < -0.39 is 10.0 Å². The second-order valence-electron chi connectivity index (χ2n) is 4.11. The summed E-state index contributed by atoms with van der Waals surface area (Å²) in [6.07, 6.45) is 1.98. The van der Waals surface area contributed by atoms with Gasteiger partial charge in [-0.05, 0) is 18.6 Å². The summed E-state index contributed by atoms with van der Waals surface area (Å²) in [6.45, 7) is 1.82. The van der Waals surface area contributed by atoms with Gasteiger partial charge in [0, 0.05) is 25.9 Å². The Balaban J connectivity index is 2.25. The first kappa shape index (κ1) is 14.3. The van der Waals surface area contributed by atoms with Crippen LogP contribution in [0.25, 0.3) is 0 Å². The Hall–Kier alpha value is -1.09. The minimum absolute atomic E-state index is 0.145. The Morgan fingerprint density at radius 1 is 1.37 bits per heavy atom. The van der Waals surface area contributed by atoms with E-state index in [9.17, 15) is 8.42 Å². The van der Waals surface area contributed by atoms with E-state index in [0.717, 1.165) is 0 Å². The van der Waals surface area contributed by atoms with Gasteiger partial charge in [-0.15, -0.1) is 0 Å². The molecule has 2 heterocycles. The lowest BCUT2D eigenvalue weighted by atomic mass is 10.3. The van der Waals surface area contributed by atoms with Crippen LogP contribution in [0.5, 0.6) is 0 Å². The van der Waals surface area contributed by atoms with Gasteiger partial charge in [-0.25, -0.2) is 8.42 Å². The molecule has 19 heavy (non-hydrogen) atoms. The maximum Gasteiger partial charge on any atom is 0.244 e. The zero-order valence-electron chi connectivity index (χ0n) is 10.3. The summed E-state index contributed by atoms with van der Waals surface area (Å²) in [5.74, 6) is 0. The first-order valence-electron chi connectivity index (χ1n) is 5.85. The van der Waals surface area contributed by atoms with Gasteiger partial charge in [0.15, 0.2) is 0 Å². The van der Waals surface area contributed by atoms with Crippen LogP contribution >= 0.6 is 12.2 Å². The molecule has 0 unspecified atom stereocenters. The third-order valence-corrected chi connectivity index (χ3v) is 4.90. The predicted octanol–water partition coefficient (Wildman–Crippen LogP) is 0.127. The molecular weight excluding hydrogens is 286 g/mol. The molecule has 0 spiro atoms. The van der Waals surface area contributed by atoms with Gasteiger partial charge in [-0.2, -0.15) is 4.31 Å². The van der Waals surface area contributed by atoms with Crippen LogP contribution < -0.4 is 5.73 Å². The Kier molecular flexibility index (Phi) is 4.46. The highest BCUT2D eigenvalue weighted by atomic mass is 32.2. The van der Waals surface area contributed by atoms with Crippen LogP contribution in [0.4, 0.5) is 0 Å². The molecule has 0 atom stereocenters. The quantitative estimate of drug-likeness (QED) is 0.799. The highest BCUT2D eigenvalue weighted by molar-refractivity contribution is 7.89. The van der Waals surface area contributed by atoms with Crippen molar-refractivity contribution in [3.63, 3.8) is 0 Å². The van der Waals surface area contributed by atoms with Crippen molar-refractivity contribution in [3.8, 4) is 0 Å². The van der Waals surface area contributed by atoms with E-state index >= 15 is 0 Å². The average molecular weight is 301 g/mol. The van der Waals surface area contributed by atoms with Crippen LogP contribution in [0.1, 0.15) is 12.1 Å². The van der Waals surface area contributed by atoms with Gasteiger partial charge in [-0.3, -0.25) is 4.98 Å². The van der Waals surface area contributed by atoms with Crippen molar-refractivity contribution < 1.29 is 13.2 Å². The summed E-state index contributed by atoms with van der Waals surface area (Å²) in [4.78, 5) is 4.25. The molecule has 1 aromatic heterocycles. The van der Waals surface area contributed by atoms with E-state index in [1.165, 1.54) is 22.6 Å². The standard InChI is InChI=1S/C11H15N3O3S2/c12-11(18)10-3-2-9(8-13-10)19(15,16)14-4-1-6-17-7-5-14/h2-3,8H,1,4-7H2,(H2,12,18). The molecule has 1 aliphatic rings. The van der Waals surface area contributed by atoms with Gasteiger partial charge < -0.3 is 10.5 Å². The number of nitrogens with two attached hydrogens (primary N) is 1. The zero-order valence-corrected chi connectivity index (χ0v) is 11.9. The summed E-state index contributed by atoms with van der Waals surface area (Å²) in [6, 6.07) is 2.99.